The van der Waals surface area contributed by atoms with E-state index in [0.717, 1.165) is 11.3 Å². The van der Waals surface area contributed by atoms with Gasteiger partial charge in [0.15, 0.2) is 17.4 Å². The molecule has 0 unspecified atom stereocenters. The molecule has 7 heteroatoms. The lowest BCUT2D eigenvalue weighted by Gasteiger charge is -2.10. The molecule has 3 rings (SSSR count). The first-order valence-corrected chi connectivity index (χ1v) is 9.76. The van der Waals surface area contributed by atoms with Crippen LogP contribution in [0.3, 0.4) is 0 Å². The average Bonchev–Trinajstić information content (AvgIpc) is 3.10. The Morgan fingerprint density at radius 3 is 2.56 bits per heavy atom. The molecular weight excluding hydrogens is 400 g/mol. The van der Waals surface area contributed by atoms with E-state index in [0.29, 0.717) is 25.5 Å². The van der Waals surface area contributed by atoms with Gasteiger partial charge < -0.3 is 15.5 Å². The van der Waals surface area contributed by atoms with Crippen LogP contribution >= 0.6 is 35.2 Å². The number of anilines is 1. The first-order valence-electron chi connectivity index (χ1n) is 8.16. The van der Waals surface area contributed by atoms with E-state index in [4.69, 9.17) is 23.8 Å². The molecule has 0 atom stereocenters. The number of aliphatic hydroxyl groups excluding tert-OH is 2. The number of pyridine rings is 1. The molecule has 0 amide bonds. The van der Waals surface area contributed by atoms with Gasteiger partial charge in [0.1, 0.15) is 0 Å². The molecule has 0 saturated heterocycles. The van der Waals surface area contributed by atoms with E-state index < -0.39 is 0 Å². The van der Waals surface area contributed by atoms with Crippen LogP contribution in [0.1, 0.15) is 16.0 Å². The molecule has 1 aromatic carbocycles. The van der Waals surface area contributed by atoms with Crippen LogP contribution in [0.4, 0.5) is 5.69 Å². The maximum Gasteiger partial charge on any atom is 0.289 e. The van der Waals surface area contributed by atoms with Gasteiger partial charge in [-0.1, -0.05) is 41.5 Å². The lowest BCUT2D eigenvalue weighted by atomic mass is 10.2. The largest absolute Gasteiger partial charge is 0.501 e. The third kappa shape index (κ3) is 4.73. The van der Waals surface area contributed by atoms with Crippen molar-refractivity contribution in [3.63, 3.8) is 0 Å². The molecular formula is C20H18ClN2O2S2+. The van der Waals surface area contributed by atoms with Crippen LogP contribution in [-0.2, 0) is 6.61 Å². The molecule has 3 N–H and O–H groups in total. The maximum atomic E-state index is 10.9. The summed E-state index contributed by atoms with van der Waals surface area (Å²) in [7, 11) is 0. The van der Waals surface area contributed by atoms with Gasteiger partial charge in [0.25, 0.3) is 5.70 Å². The van der Waals surface area contributed by atoms with Gasteiger partial charge >= 0.3 is 0 Å². The van der Waals surface area contributed by atoms with E-state index in [-0.39, 0.29) is 12.4 Å². The third-order valence-electron chi connectivity index (χ3n) is 3.86. The van der Waals surface area contributed by atoms with Crippen molar-refractivity contribution in [1.29, 1.82) is 0 Å². The summed E-state index contributed by atoms with van der Waals surface area (Å²) >= 11 is 12.9. The summed E-state index contributed by atoms with van der Waals surface area (Å²) in [5.74, 6) is 0.0107. The number of thiocarbonyl (C=S) groups is 1. The highest BCUT2D eigenvalue weighted by molar-refractivity contribution is 7.81. The Bertz CT molecular complexity index is 997. The highest BCUT2D eigenvalue weighted by atomic mass is 35.5. The smallest absolute Gasteiger partial charge is 0.289 e. The van der Waals surface area contributed by atoms with Gasteiger partial charge in [-0.3, -0.25) is 0 Å². The van der Waals surface area contributed by atoms with Gasteiger partial charge in [-0.05, 0) is 37.3 Å². The zero-order valence-electron chi connectivity index (χ0n) is 14.5. The Morgan fingerprint density at radius 1 is 1.19 bits per heavy atom. The number of benzene rings is 1. The second-order valence-corrected chi connectivity index (χ2v) is 8.02. The number of rotatable bonds is 5. The Labute approximate surface area is 172 Å². The minimum absolute atomic E-state index is 0.0107. The summed E-state index contributed by atoms with van der Waals surface area (Å²) < 4.78 is 2.26. The number of thiophene rings is 1. The van der Waals surface area contributed by atoms with Crippen LogP contribution in [0.25, 0.3) is 11.5 Å². The first-order chi connectivity index (χ1) is 13.0. The van der Waals surface area contributed by atoms with Gasteiger partial charge in [0.2, 0.25) is 5.76 Å². The molecule has 0 aliphatic rings. The Hall–Kier alpha value is -2.25. The third-order valence-corrected chi connectivity index (χ3v) is 5.39. The molecule has 0 aliphatic heterocycles. The van der Waals surface area contributed by atoms with Crippen molar-refractivity contribution in [3.8, 4) is 0 Å². The van der Waals surface area contributed by atoms with Gasteiger partial charge in [-0.25, -0.2) is 0 Å². The maximum absolute atomic E-state index is 10.9. The highest BCUT2D eigenvalue weighted by Gasteiger charge is 2.25. The average molecular weight is 418 g/mol. The molecule has 0 radical (unpaired) electrons. The molecule has 0 bridgehead atoms. The number of aromatic nitrogens is 1. The van der Waals surface area contributed by atoms with Crippen LogP contribution in [0, 0.1) is 6.92 Å². The van der Waals surface area contributed by atoms with E-state index in [1.807, 2.05) is 31.2 Å². The summed E-state index contributed by atoms with van der Waals surface area (Å²) in [6.07, 6.45) is 3.49. The number of nitrogens with zero attached hydrogens (tertiary/aromatic N) is 1. The van der Waals surface area contributed by atoms with Crippen LogP contribution < -0.4 is 9.88 Å². The fourth-order valence-electron chi connectivity index (χ4n) is 2.49. The predicted molar refractivity (Wildman–Crippen MR) is 115 cm³/mol. The predicted octanol–water partition coefficient (Wildman–Crippen LogP) is 4.81. The topological polar surface area (TPSA) is 56.4 Å². The fraction of sp³-hybridized carbons (Fsp3) is 0.100. The van der Waals surface area contributed by atoms with Crippen molar-refractivity contribution in [2.45, 2.75) is 13.5 Å². The Morgan fingerprint density at radius 2 is 1.93 bits per heavy atom. The molecule has 138 valence electrons. The summed E-state index contributed by atoms with van der Waals surface area (Å²) in [4.78, 5) is 0.950. The fourth-order valence-corrected chi connectivity index (χ4v) is 3.80. The number of nitrogens with one attached hydrogen (secondary N) is 1. The molecule has 2 heterocycles. The van der Waals surface area contributed by atoms with Crippen LogP contribution in [-0.4, -0.2) is 15.2 Å². The second-order valence-electron chi connectivity index (χ2n) is 5.90. The monoisotopic (exact) mass is 417 g/mol. The molecule has 0 aliphatic carbocycles. The molecule has 0 saturated carbocycles. The normalized spacial score (nSPS) is 11.8. The second kappa shape index (κ2) is 8.63. The van der Waals surface area contributed by atoms with Crippen molar-refractivity contribution in [2.24, 2.45) is 0 Å². The van der Waals surface area contributed by atoms with E-state index in [1.165, 1.54) is 11.3 Å². The van der Waals surface area contributed by atoms with Crippen LogP contribution in [0.2, 0.25) is 4.34 Å². The Kier molecular flexibility index (Phi) is 6.23. The van der Waals surface area contributed by atoms with Crippen molar-refractivity contribution >= 4 is 57.3 Å². The molecule has 4 nitrogen and oxygen atoms in total. The summed E-state index contributed by atoms with van der Waals surface area (Å²) in [6, 6.07) is 14.9. The quantitative estimate of drug-likeness (QED) is 0.241. The Balaban J connectivity index is 2.06. The van der Waals surface area contributed by atoms with Crippen molar-refractivity contribution in [2.75, 3.05) is 5.32 Å². The van der Waals surface area contributed by atoms with Gasteiger partial charge in [-0.2, -0.15) is 4.57 Å². The van der Waals surface area contributed by atoms with Crippen molar-refractivity contribution < 1.29 is 14.8 Å². The van der Waals surface area contributed by atoms with E-state index in [9.17, 15) is 10.2 Å². The van der Waals surface area contributed by atoms with Crippen LogP contribution in [0.5, 0.6) is 0 Å². The lowest BCUT2D eigenvalue weighted by molar-refractivity contribution is -0.576. The molecule has 2 aromatic heterocycles. The lowest BCUT2D eigenvalue weighted by Crippen LogP contribution is -2.38. The van der Waals surface area contributed by atoms with Crippen molar-refractivity contribution in [1.82, 2.24) is 0 Å². The number of hydrogen-bond donors (Lipinski definition) is 3. The van der Waals surface area contributed by atoms with Gasteiger partial charge in [0, 0.05) is 17.3 Å². The molecule has 0 spiro atoms. The number of hydrogen-bond acceptors (Lipinski definition) is 4. The standard InChI is InChI=1S/C20H17ClN2O2S2/c1-13-4-6-15(7-5-13)22-20(26)18(19(25)16-8-9-17(21)27-16)23-10-2-3-14(11-23)12-24/h2-11,24H,12H2,1H3,(H-,22,25,26)/p+1. The minimum atomic E-state index is -0.113. The van der Waals surface area contributed by atoms with Gasteiger partial charge in [-0.15, -0.1) is 11.3 Å². The summed E-state index contributed by atoms with van der Waals surface area (Å²) in [5, 5.41) is 23.5. The first kappa shape index (κ1) is 19.5. The molecule has 3 aromatic rings. The highest BCUT2D eigenvalue weighted by Crippen LogP contribution is 2.29. The molecule has 0 fully saturated rings. The van der Waals surface area contributed by atoms with Crippen LogP contribution in [0.15, 0.2) is 60.9 Å². The zero-order valence-corrected chi connectivity index (χ0v) is 16.9. The zero-order chi connectivity index (χ0) is 19.4. The minimum Gasteiger partial charge on any atom is -0.501 e. The van der Waals surface area contributed by atoms with E-state index in [1.54, 1.807) is 41.2 Å². The SMILES string of the molecule is Cc1ccc(NC(=S)C(=C(O)c2ccc(Cl)s2)[n+]2cccc(CO)c2)cc1. The van der Waals surface area contributed by atoms with E-state index in [2.05, 4.69) is 5.32 Å². The molecule has 27 heavy (non-hydrogen) atoms. The van der Waals surface area contributed by atoms with E-state index >= 15 is 0 Å². The number of halogens is 1. The van der Waals surface area contributed by atoms with Gasteiger partial charge in [0.05, 0.1) is 15.8 Å². The summed E-state index contributed by atoms with van der Waals surface area (Å²) in [6.45, 7) is 1.90. The number of aliphatic hydroxyl groups is 2. The van der Waals surface area contributed by atoms with Crippen molar-refractivity contribution in [3.05, 3.63) is 81.3 Å². The summed E-state index contributed by atoms with van der Waals surface area (Å²) in [5.41, 5.74) is 3.06. The number of aryl methyl sites for hydroxylation is 1.